The van der Waals surface area contributed by atoms with Gasteiger partial charge in [-0.25, -0.2) is 0 Å². The summed E-state index contributed by atoms with van der Waals surface area (Å²) in [5.41, 5.74) is 1.17. The normalized spacial score (nSPS) is 22.5. The van der Waals surface area contributed by atoms with Crippen LogP contribution in [0.1, 0.15) is 37.4 Å². The van der Waals surface area contributed by atoms with Crippen LogP contribution in [0.4, 0.5) is 11.7 Å². The highest BCUT2D eigenvalue weighted by atomic mass is 16.5. The molecule has 1 aliphatic heterocycles. The van der Waals surface area contributed by atoms with E-state index in [0.29, 0.717) is 18.0 Å². The average molecular weight is 288 g/mol. The van der Waals surface area contributed by atoms with Crippen LogP contribution >= 0.6 is 0 Å². The van der Waals surface area contributed by atoms with Gasteiger partial charge < -0.3 is 14.7 Å². The van der Waals surface area contributed by atoms with Gasteiger partial charge in [0.1, 0.15) is 0 Å². The van der Waals surface area contributed by atoms with Crippen LogP contribution in [0.25, 0.3) is 0 Å². The van der Waals surface area contributed by atoms with E-state index in [4.69, 9.17) is 4.52 Å². The molecule has 2 aromatic rings. The van der Waals surface area contributed by atoms with Gasteiger partial charge in [0.25, 0.3) is 0 Å². The van der Waals surface area contributed by atoms with Crippen LogP contribution in [0.15, 0.2) is 16.9 Å². The number of hydrogen-bond acceptors (Lipinski definition) is 6. The van der Waals surface area contributed by atoms with E-state index in [2.05, 4.69) is 31.7 Å². The Bertz CT molecular complexity index is 617. The van der Waals surface area contributed by atoms with Crippen molar-refractivity contribution in [1.29, 1.82) is 0 Å². The number of aryl methyl sites for hydroxylation is 1. The van der Waals surface area contributed by atoms with E-state index >= 15 is 0 Å². The average Bonchev–Trinajstić information content (AvgIpc) is 3.09. The van der Waals surface area contributed by atoms with Crippen molar-refractivity contribution < 1.29 is 4.52 Å². The summed E-state index contributed by atoms with van der Waals surface area (Å²) in [4.78, 5) is 6.80. The molecule has 0 bridgehead atoms. The maximum absolute atomic E-state index is 5.31. The third kappa shape index (κ3) is 2.72. The van der Waals surface area contributed by atoms with Crippen molar-refractivity contribution in [2.24, 2.45) is 7.05 Å². The van der Waals surface area contributed by atoms with E-state index < -0.39 is 0 Å². The zero-order valence-electron chi connectivity index (χ0n) is 12.2. The summed E-state index contributed by atoms with van der Waals surface area (Å²) in [5.74, 6) is 1.39. The molecule has 2 aliphatic rings. The van der Waals surface area contributed by atoms with Crippen LogP contribution in [-0.4, -0.2) is 39.1 Å². The lowest BCUT2D eigenvalue weighted by molar-refractivity contribution is 0.412. The Morgan fingerprint density at radius 2 is 2.24 bits per heavy atom. The van der Waals surface area contributed by atoms with Crippen molar-refractivity contribution in [1.82, 2.24) is 19.9 Å². The Kier molecular flexibility index (Phi) is 3.05. The van der Waals surface area contributed by atoms with Gasteiger partial charge >= 0.3 is 6.01 Å². The molecule has 0 radical (unpaired) electrons. The van der Waals surface area contributed by atoms with Crippen LogP contribution in [0.3, 0.4) is 0 Å². The van der Waals surface area contributed by atoms with Crippen molar-refractivity contribution in [2.45, 2.75) is 37.6 Å². The van der Waals surface area contributed by atoms with Crippen molar-refractivity contribution >= 4 is 11.7 Å². The van der Waals surface area contributed by atoms with Gasteiger partial charge in [0, 0.05) is 38.3 Å². The lowest BCUT2D eigenvalue weighted by Gasteiger charge is -2.33. The third-order valence-corrected chi connectivity index (χ3v) is 4.19. The largest absolute Gasteiger partial charge is 0.367 e. The maximum Gasteiger partial charge on any atom is 0.321 e. The zero-order chi connectivity index (χ0) is 14.2. The molecule has 1 aliphatic carbocycles. The second kappa shape index (κ2) is 5.05. The Hall–Kier alpha value is -2.05. The van der Waals surface area contributed by atoms with Crippen molar-refractivity contribution in [3.63, 3.8) is 0 Å². The summed E-state index contributed by atoms with van der Waals surface area (Å²) in [6.45, 7) is 2.01. The fourth-order valence-corrected chi connectivity index (χ4v) is 2.88. The highest BCUT2D eigenvalue weighted by Crippen LogP contribution is 2.38. The number of nitrogens with one attached hydrogen (secondary N) is 1. The van der Waals surface area contributed by atoms with Crippen LogP contribution in [-0.2, 0) is 7.05 Å². The van der Waals surface area contributed by atoms with Crippen molar-refractivity contribution in [3.8, 4) is 0 Å². The van der Waals surface area contributed by atoms with Crippen LogP contribution in [0, 0.1) is 0 Å². The number of rotatable bonds is 4. The maximum atomic E-state index is 5.31. The molecular formula is C14H20N6O. The number of aromatic nitrogens is 4. The second-order valence-electron chi connectivity index (χ2n) is 6.03. The lowest BCUT2D eigenvalue weighted by atomic mass is 10.1. The van der Waals surface area contributed by atoms with Gasteiger partial charge in [-0.1, -0.05) is 5.16 Å². The summed E-state index contributed by atoms with van der Waals surface area (Å²) in [7, 11) is 1.95. The molecular weight excluding hydrogens is 268 g/mol. The molecule has 3 heterocycles. The molecule has 0 amide bonds. The van der Waals surface area contributed by atoms with Gasteiger partial charge in [-0.15, -0.1) is 0 Å². The second-order valence-corrected chi connectivity index (χ2v) is 6.03. The van der Waals surface area contributed by atoms with E-state index in [-0.39, 0.29) is 0 Å². The van der Waals surface area contributed by atoms with E-state index in [0.717, 1.165) is 31.8 Å². The summed E-state index contributed by atoms with van der Waals surface area (Å²) in [5, 5.41) is 11.7. The van der Waals surface area contributed by atoms with Gasteiger partial charge in [0.05, 0.1) is 11.9 Å². The fourth-order valence-electron chi connectivity index (χ4n) is 2.88. The van der Waals surface area contributed by atoms with Gasteiger partial charge in [0.15, 0.2) is 5.82 Å². The molecule has 0 spiro atoms. The highest BCUT2D eigenvalue weighted by molar-refractivity contribution is 5.43. The molecule has 2 fully saturated rings. The Balaban J connectivity index is 1.40. The quantitative estimate of drug-likeness (QED) is 0.924. The molecule has 1 saturated carbocycles. The lowest BCUT2D eigenvalue weighted by Crippen LogP contribution is -2.42. The number of hydrogen-bond donors (Lipinski definition) is 1. The molecule has 0 aromatic carbocycles. The molecule has 4 rings (SSSR count). The molecule has 1 unspecified atom stereocenters. The van der Waals surface area contributed by atoms with Crippen LogP contribution < -0.4 is 10.2 Å². The van der Waals surface area contributed by atoms with Gasteiger partial charge in [-0.2, -0.15) is 10.1 Å². The number of piperidine rings is 1. The fraction of sp³-hybridized carbons (Fsp3) is 0.643. The van der Waals surface area contributed by atoms with Crippen molar-refractivity contribution in [2.75, 3.05) is 23.3 Å². The van der Waals surface area contributed by atoms with Gasteiger partial charge in [0.2, 0.25) is 0 Å². The standard InChI is InChI=1S/C14H20N6O/c1-19-9-12(7-15-19)20-6-2-3-11(8-20)16-14-17-13(18-21-14)10-4-5-10/h7,9-11H,2-6,8H2,1H3,(H,16,17,18). The van der Waals surface area contributed by atoms with Crippen molar-refractivity contribution in [3.05, 3.63) is 18.2 Å². The first kappa shape index (κ1) is 12.7. The summed E-state index contributed by atoms with van der Waals surface area (Å²) in [6.07, 6.45) is 8.63. The first-order valence-corrected chi connectivity index (χ1v) is 7.61. The minimum atomic E-state index is 0.339. The van der Waals surface area contributed by atoms with E-state index in [1.807, 2.05) is 17.9 Å². The smallest absolute Gasteiger partial charge is 0.321 e. The topological polar surface area (TPSA) is 72.0 Å². The molecule has 7 heteroatoms. The zero-order valence-corrected chi connectivity index (χ0v) is 12.2. The third-order valence-electron chi connectivity index (χ3n) is 4.19. The van der Waals surface area contributed by atoms with Crippen LogP contribution in [0.2, 0.25) is 0 Å². The first-order valence-electron chi connectivity index (χ1n) is 7.61. The molecule has 112 valence electrons. The minimum absolute atomic E-state index is 0.339. The SMILES string of the molecule is Cn1cc(N2CCCC(Nc3nc(C4CC4)no3)C2)cn1. The summed E-state index contributed by atoms with van der Waals surface area (Å²) >= 11 is 0. The predicted octanol–water partition coefficient (Wildman–Crippen LogP) is 1.76. The predicted molar refractivity (Wildman–Crippen MR) is 78.3 cm³/mol. The number of anilines is 2. The molecule has 7 nitrogen and oxygen atoms in total. The Morgan fingerprint density at radius 1 is 1.33 bits per heavy atom. The summed E-state index contributed by atoms with van der Waals surface area (Å²) in [6, 6.07) is 0.904. The number of nitrogens with zero attached hydrogens (tertiary/aromatic N) is 5. The Labute approximate surface area is 123 Å². The first-order chi connectivity index (χ1) is 10.3. The van der Waals surface area contributed by atoms with Gasteiger partial charge in [-0.3, -0.25) is 4.68 Å². The monoisotopic (exact) mass is 288 g/mol. The Morgan fingerprint density at radius 3 is 3.00 bits per heavy atom. The summed E-state index contributed by atoms with van der Waals surface area (Å²) < 4.78 is 7.15. The molecule has 1 N–H and O–H groups in total. The van der Waals surface area contributed by atoms with Gasteiger partial charge in [-0.05, 0) is 25.7 Å². The molecule has 1 atom stereocenters. The van der Waals surface area contributed by atoms with E-state index in [1.165, 1.54) is 18.5 Å². The highest BCUT2D eigenvalue weighted by Gasteiger charge is 2.29. The molecule has 1 saturated heterocycles. The molecule has 21 heavy (non-hydrogen) atoms. The minimum Gasteiger partial charge on any atom is -0.367 e. The van der Waals surface area contributed by atoms with E-state index in [1.54, 1.807) is 0 Å². The van der Waals surface area contributed by atoms with Crippen LogP contribution in [0.5, 0.6) is 0 Å². The van der Waals surface area contributed by atoms with E-state index in [9.17, 15) is 0 Å². The molecule has 2 aromatic heterocycles.